The SMILES string of the molecule is CN1CC[C@H]2Nc3c(Sc4cccc(Cl)c4)cccc3[C@@H]2C1. The summed E-state index contributed by atoms with van der Waals surface area (Å²) in [6.45, 7) is 2.33. The van der Waals surface area contributed by atoms with Crippen LogP contribution in [-0.4, -0.2) is 31.1 Å². The van der Waals surface area contributed by atoms with Gasteiger partial charge in [0.15, 0.2) is 0 Å². The Balaban J connectivity index is 1.66. The predicted molar refractivity (Wildman–Crippen MR) is 94.3 cm³/mol. The molecule has 4 heteroatoms. The minimum atomic E-state index is 0.590. The van der Waals surface area contributed by atoms with Crippen molar-refractivity contribution in [3.05, 3.63) is 53.1 Å². The van der Waals surface area contributed by atoms with Gasteiger partial charge in [-0.05, 0) is 49.8 Å². The third-order valence-electron chi connectivity index (χ3n) is 4.63. The summed E-state index contributed by atoms with van der Waals surface area (Å²) in [6, 6.07) is 15.3. The zero-order valence-electron chi connectivity index (χ0n) is 12.6. The van der Waals surface area contributed by atoms with E-state index >= 15 is 0 Å². The molecule has 4 rings (SSSR count). The number of hydrogen-bond donors (Lipinski definition) is 1. The Labute approximate surface area is 140 Å². The first kappa shape index (κ1) is 14.4. The molecular formula is C18H19ClN2S. The van der Waals surface area contributed by atoms with Crippen molar-refractivity contribution in [2.45, 2.75) is 28.2 Å². The topological polar surface area (TPSA) is 15.3 Å². The van der Waals surface area contributed by atoms with Gasteiger partial charge in [0.2, 0.25) is 0 Å². The van der Waals surface area contributed by atoms with Crippen LogP contribution in [-0.2, 0) is 0 Å². The molecule has 2 aromatic carbocycles. The Morgan fingerprint density at radius 1 is 1.23 bits per heavy atom. The highest BCUT2D eigenvalue weighted by atomic mass is 35.5. The summed E-state index contributed by atoms with van der Waals surface area (Å²) in [6.07, 6.45) is 1.22. The highest BCUT2D eigenvalue weighted by Crippen LogP contribution is 2.46. The lowest BCUT2D eigenvalue weighted by Gasteiger charge is -2.32. The Morgan fingerprint density at radius 3 is 2.95 bits per heavy atom. The Morgan fingerprint density at radius 2 is 2.09 bits per heavy atom. The highest BCUT2D eigenvalue weighted by Gasteiger charge is 2.36. The number of anilines is 1. The van der Waals surface area contributed by atoms with Gasteiger partial charge >= 0.3 is 0 Å². The lowest BCUT2D eigenvalue weighted by molar-refractivity contribution is 0.243. The summed E-state index contributed by atoms with van der Waals surface area (Å²) in [5.41, 5.74) is 2.81. The van der Waals surface area contributed by atoms with Crippen molar-refractivity contribution >= 4 is 29.1 Å². The fraction of sp³-hybridized carbons (Fsp3) is 0.333. The molecule has 0 amide bonds. The van der Waals surface area contributed by atoms with Crippen molar-refractivity contribution in [3.63, 3.8) is 0 Å². The van der Waals surface area contributed by atoms with Crippen molar-refractivity contribution in [1.82, 2.24) is 4.90 Å². The van der Waals surface area contributed by atoms with E-state index in [1.165, 1.54) is 34.0 Å². The van der Waals surface area contributed by atoms with Crippen molar-refractivity contribution in [2.24, 2.45) is 0 Å². The maximum atomic E-state index is 6.11. The molecule has 0 saturated carbocycles. The minimum Gasteiger partial charge on any atom is -0.380 e. The van der Waals surface area contributed by atoms with Crippen LogP contribution < -0.4 is 5.32 Å². The van der Waals surface area contributed by atoms with E-state index in [1.54, 1.807) is 11.8 Å². The second-order valence-electron chi connectivity index (χ2n) is 6.19. The van der Waals surface area contributed by atoms with Crippen LogP contribution in [0, 0.1) is 0 Å². The van der Waals surface area contributed by atoms with Gasteiger partial charge in [-0.1, -0.05) is 41.6 Å². The van der Waals surface area contributed by atoms with Crippen LogP contribution in [0.2, 0.25) is 5.02 Å². The van der Waals surface area contributed by atoms with Gasteiger partial charge in [-0.3, -0.25) is 0 Å². The van der Waals surface area contributed by atoms with Crippen molar-refractivity contribution in [3.8, 4) is 0 Å². The van der Waals surface area contributed by atoms with E-state index in [1.807, 2.05) is 18.2 Å². The van der Waals surface area contributed by atoms with Gasteiger partial charge in [0.25, 0.3) is 0 Å². The van der Waals surface area contributed by atoms with Crippen molar-refractivity contribution in [2.75, 3.05) is 25.5 Å². The number of nitrogens with zero attached hydrogens (tertiary/aromatic N) is 1. The molecule has 0 aromatic heterocycles. The lowest BCUT2D eigenvalue weighted by atomic mass is 9.90. The van der Waals surface area contributed by atoms with Crippen LogP contribution >= 0.6 is 23.4 Å². The molecule has 22 heavy (non-hydrogen) atoms. The minimum absolute atomic E-state index is 0.590. The summed E-state index contributed by atoms with van der Waals surface area (Å²) in [4.78, 5) is 4.93. The number of benzene rings is 2. The molecule has 0 aliphatic carbocycles. The molecule has 1 N–H and O–H groups in total. The Bertz CT molecular complexity index is 703. The van der Waals surface area contributed by atoms with Crippen LogP contribution in [0.1, 0.15) is 17.9 Å². The number of halogens is 1. The van der Waals surface area contributed by atoms with Gasteiger partial charge in [0.05, 0.1) is 5.69 Å². The van der Waals surface area contributed by atoms with Crippen LogP contribution in [0.15, 0.2) is 52.3 Å². The Kier molecular flexibility index (Phi) is 3.81. The fourth-order valence-corrected chi connectivity index (χ4v) is 4.81. The number of rotatable bonds is 2. The molecule has 1 fully saturated rings. The smallest absolute Gasteiger partial charge is 0.0521 e. The van der Waals surface area contributed by atoms with E-state index < -0.39 is 0 Å². The molecule has 0 radical (unpaired) electrons. The average molecular weight is 331 g/mol. The molecular weight excluding hydrogens is 312 g/mol. The van der Waals surface area contributed by atoms with Crippen LogP contribution in [0.25, 0.3) is 0 Å². The van der Waals surface area contributed by atoms with E-state index in [0.29, 0.717) is 12.0 Å². The fourth-order valence-electron chi connectivity index (χ4n) is 3.54. The van der Waals surface area contributed by atoms with Crippen LogP contribution in [0.5, 0.6) is 0 Å². The quantitative estimate of drug-likeness (QED) is 0.859. The maximum Gasteiger partial charge on any atom is 0.0521 e. The zero-order valence-corrected chi connectivity index (χ0v) is 14.1. The first-order valence-electron chi connectivity index (χ1n) is 7.72. The van der Waals surface area contributed by atoms with E-state index in [4.69, 9.17) is 11.6 Å². The molecule has 0 spiro atoms. The second-order valence-corrected chi connectivity index (χ2v) is 7.74. The first-order chi connectivity index (χ1) is 10.7. The van der Waals surface area contributed by atoms with Crippen LogP contribution in [0.4, 0.5) is 5.69 Å². The Hall–Kier alpha value is -1.16. The van der Waals surface area contributed by atoms with Crippen molar-refractivity contribution < 1.29 is 0 Å². The van der Waals surface area contributed by atoms with Crippen LogP contribution in [0.3, 0.4) is 0 Å². The number of fused-ring (bicyclic) bond motifs is 3. The molecule has 0 unspecified atom stereocenters. The monoisotopic (exact) mass is 330 g/mol. The van der Waals surface area contributed by atoms with E-state index in [0.717, 1.165) is 11.6 Å². The van der Waals surface area contributed by atoms with E-state index in [-0.39, 0.29) is 0 Å². The standard InChI is InChI=1S/C18H19ClN2S/c1-21-9-8-16-15(11-21)14-6-3-7-17(18(14)20-16)22-13-5-2-4-12(19)10-13/h2-7,10,15-16,20H,8-9,11H2,1H3/t15-,16+/m0/s1. The van der Waals surface area contributed by atoms with Crippen molar-refractivity contribution in [1.29, 1.82) is 0 Å². The number of nitrogens with one attached hydrogen (secondary N) is 1. The normalized spacial score (nSPS) is 23.7. The second kappa shape index (κ2) is 5.80. The third kappa shape index (κ3) is 2.62. The molecule has 2 aliphatic heterocycles. The molecule has 114 valence electrons. The molecule has 2 aliphatic rings. The molecule has 1 saturated heterocycles. The van der Waals surface area contributed by atoms with E-state index in [2.05, 4.69) is 41.5 Å². The lowest BCUT2D eigenvalue weighted by Crippen LogP contribution is -2.39. The molecule has 2 aromatic rings. The summed E-state index contributed by atoms with van der Waals surface area (Å²) in [5, 5.41) is 4.57. The van der Waals surface area contributed by atoms with Gasteiger partial charge in [0.1, 0.15) is 0 Å². The van der Waals surface area contributed by atoms with E-state index in [9.17, 15) is 0 Å². The predicted octanol–water partition coefficient (Wildman–Crippen LogP) is 4.70. The van der Waals surface area contributed by atoms with Gasteiger partial charge < -0.3 is 10.2 Å². The molecule has 0 bridgehead atoms. The van der Waals surface area contributed by atoms with Gasteiger partial charge in [-0.15, -0.1) is 0 Å². The highest BCUT2D eigenvalue weighted by molar-refractivity contribution is 7.99. The number of likely N-dealkylation sites (tertiary alicyclic amines) is 1. The molecule has 2 heterocycles. The first-order valence-corrected chi connectivity index (χ1v) is 8.91. The number of piperidine rings is 1. The summed E-state index contributed by atoms with van der Waals surface area (Å²) < 4.78 is 0. The summed E-state index contributed by atoms with van der Waals surface area (Å²) >= 11 is 7.90. The average Bonchev–Trinajstić information content (AvgIpc) is 2.87. The zero-order chi connectivity index (χ0) is 15.1. The van der Waals surface area contributed by atoms with Gasteiger partial charge in [-0.25, -0.2) is 0 Å². The number of likely N-dealkylation sites (N-methyl/N-ethyl adjacent to an activating group) is 1. The maximum absolute atomic E-state index is 6.11. The third-order valence-corrected chi connectivity index (χ3v) is 5.91. The summed E-state index contributed by atoms with van der Waals surface area (Å²) in [7, 11) is 2.22. The number of hydrogen-bond acceptors (Lipinski definition) is 3. The van der Waals surface area contributed by atoms with Gasteiger partial charge in [-0.2, -0.15) is 0 Å². The number of para-hydroxylation sites is 1. The molecule has 2 nitrogen and oxygen atoms in total. The summed E-state index contributed by atoms with van der Waals surface area (Å²) in [5.74, 6) is 0.619. The molecule has 2 atom stereocenters. The van der Waals surface area contributed by atoms with Gasteiger partial charge in [0, 0.05) is 33.3 Å². The largest absolute Gasteiger partial charge is 0.380 e.